The number of methoxy groups -OCH3 is 2. The number of benzene rings is 2. The molecule has 2 aliphatic rings. The van der Waals surface area contributed by atoms with Gasteiger partial charge in [0.1, 0.15) is 11.5 Å². The van der Waals surface area contributed by atoms with Gasteiger partial charge in [0.05, 0.1) is 20.3 Å². The van der Waals surface area contributed by atoms with E-state index in [1.54, 1.807) is 14.2 Å². The molecule has 4 rings (SSSR count). The highest BCUT2D eigenvalue weighted by Crippen LogP contribution is 2.39. The molecule has 0 amide bonds. The lowest BCUT2D eigenvalue weighted by atomic mass is 9.83. The number of nitrogens with one attached hydrogen (secondary N) is 2. The summed E-state index contributed by atoms with van der Waals surface area (Å²) >= 11 is 5.53. The molecular weight excluding hydrogens is 368 g/mol. The molecule has 1 heterocycles. The number of hydrogen-bond donors (Lipinski definition) is 2. The van der Waals surface area contributed by atoms with Crippen LogP contribution in [-0.4, -0.2) is 19.3 Å². The molecule has 4 nitrogen and oxygen atoms in total. The Bertz CT molecular complexity index is 930. The molecule has 2 aromatic rings. The molecule has 5 heteroatoms. The zero-order valence-corrected chi connectivity index (χ0v) is 16.9. The Labute approximate surface area is 171 Å². The second-order valence-corrected chi connectivity index (χ2v) is 7.41. The van der Waals surface area contributed by atoms with Crippen molar-refractivity contribution in [3.8, 4) is 11.5 Å². The molecule has 0 saturated heterocycles. The van der Waals surface area contributed by atoms with E-state index >= 15 is 0 Å². The fourth-order valence-corrected chi connectivity index (χ4v) is 4.09. The fraction of sp³-hybridized carbons (Fsp3) is 0.261. The van der Waals surface area contributed by atoms with Gasteiger partial charge in [-0.3, -0.25) is 0 Å². The van der Waals surface area contributed by atoms with E-state index in [1.165, 1.54) is 22.4 Å². The monoisotopic (exact) mass is 392 g/mol. The minimum absolute atomic E-state index is 0.0919. The molecule has 0 saturated carbocycles. The highest BCUT2D eigenvalue weighted by molar-refractivity contribution is 7.80. The lowest BCUT2D eigenvalue weighted by Crippen LogP contribution is -2.45. The van der Waals surface area contributed by atoms with E-state index < -0.39 is 0 Å². The minimum Gasteiger partial charge on any atom is -0.497 e. The Morgan fingerprint density at radius 1 is 0.929 bits per heavy atom. The minimum atomic E-state index is 0.0919. The van der Waals surface area contributed by atoms with Gasteiger partial charge in [0.15, 0.2) is 5.11 Å². The van der Waals surface area contributed by atoms with Crippen LogP contribution in [0.1, 0.15) is 36.4 Å². The quantitative estimate of drug-likeness (QED) is 0.736. The van der Waals surface area contributed by atoms with E-state index in [0.29, 0.717) is 5.11 Å². The third-order valence-corrected chi connectivity index (χ3v) is 5.52. The lowest BCUT2D eigenvalue weighted by molar-refractivity contribution is 0.414. The van der Waals surface area contributed by atoms with Crippen molar-refractivity contribution in [2.45, 2.75) is 25.3 Å². The van der Waals surface area contributed by atoms with Crippen LogP contribution in [0.15, 0.2) is 65.4 Å². The maximum Gasteiger partial charge on any atom is 0.171 e. The summed E-state index contributed by atoms with van der Waals surface area (Å²) in [4.78, 5) is 0. The van der Waals surface area contributed by atoms with Gasteiger partial charge in [0, 0.05) is 5.70 Å². The van der Waals surface area contributed by atoms with Gasteiger partial charge in [-0.15, -0.1) is 0 Å². The van der Waals surface area contributed by atoms with Gasteiger partial charge in [-0.2, -0.15) is 0 Å². The van der Waals surface area contributed by atoms with E-state index in [2.05, 4.69) is 41.0 Å². The summed E-state index contributed by atoms with van der Waals surface area (Å²) in [6.07, 6.45) is 5.47. The van der Waals surface area contributed by atoms with Gasteiger partial charge >= 0.3 is 0 Å². The molecule has 2 N–H and O–H groups in total. The molecule has 0 fully saturated rings. The number of allylic oxidation sites excluding steroid dienone is 1. The van der Waals surface area contributed by atoms with E-state index in [4.69, 9.17) is 21.7 Å². The molecule has 1 atom stereocenters. The zero-order chi connectivity index (χ0) is 19.5. The third kappa shape index (κ3) is 3.76. The van der Waals surface area contributed by atoms with Crippen LogP contribution in [0.3, 0.4) is 0 Å². The van der Waals surface area contributed by atoms with Crippen LogP contribution >= 0.6 is 12.2 Å². The van der Waals surface area contributed by atoms with Gasteiger partial charge in [-0.05, 0) is 84.1 Å². The topological polar surface area (TPSA) is 42.5 Å². The molecule has 0 unspecified atom stereocenters. The van der Waals surface area contributed by atoms with Crippen LogP contribution in [0.2, 0.25) is 0 Å². The number of thiocarbonyl (C=S) groups is 1. The average molecular weight is 393 g/mol. The third-order valence-electron chi connectivity index (χ3n) is 5.30. The summed E-state index contributed by atoms with van der Waals surface area (Å²) < 4.78 is 10.6. The molecule has 1 aliphatic carbocycles. The molecule has 0 radical (unpaired) electrons. The van der Waals surface area contributed by atoms with Gasteiger partial charge in [-0.1, -0.05) is 24.3 Å². The summed E-state index contributed by atoms with van der Waals surface area (Å²) in [5, 5.41) is 7.53. The Balaban J connectivity index is 1.70. The van der Waals surface area contributed by atoms with Crippen molar-refractivity contribution in [3.63, 3.8) is 0 Å². The predicted octanol–water partition coefficient (Wildman–Crippen LogP) is 4.74. The summed E-state index contributed by atoms with van der Waals surface area (Å²) in [5.41, 5.74) is 6.20. The van der Waals surface area contributed by atoms with Crippen LogP contribution in [0.5, 0.6) is 11.5 Å². The maximum atomic E-state index is 5.53. The molecular formula is C23H24N2O2S. The van der Waals surface area contributed by atoms with E-state index in [9.17, 15) is 0 Å². The molecule has 1 aliphatic heterocycles. The smallest absolute Gasteiger partial charge is 0.171 e. The predicted molar refractivity (Wildman–Crippen MR) is 116 cm³/mol. The molecule has 0 spiro atoms. The van der Waals surface area contributed by atoms with E-state index in [1.807, 2.05) is 24.3 Å². The first-order valence-electron chi connectivity index (χ1n) is 9.47. The van der Waals surface area contributed by atoms with Crippen molar-refractivity contribution in [2.24, 2.45) is 0 Å². The second-order valence-electron chi connectivity index (χ2n) is 7.00. The van der Waals surface area contributed by atoms with Gasteiger partial charge in [0.25, 0.3) is 0 Å². The Morgan fingerprint density at radius 3 is 2.21 bits per heavy atom. The van der Waals surface area contributed by atoms with Crippen LogP contribution in [-0.2, 0) is 0 Å². The Hall–Kier alpha value is -2.79. The summed E-state index contributed by atoms with van der Waals surface area (Å²) in [7, 11) is 3.37. The van der Waals surface area contributed by atoms with Crippen LogP contribution in [0.25, 0.3) is 6.08 Å². The Morgan fingerprint density at radius 2 is 1.57 bits per heavy atom. The van der Waals surface area contributed by atoms with Crippen LogP contribution < -0.4 is 20.1 Å². The van der Waals surface area contributed by atoms with Crippen molar-refractivity contribution in [1.82, 2.24) is 10.6 Å². The summed E-state index contributed by atoms with van der Waals surface area (Å²) in [6, 6.07) is 16.5. The van der Waals surface area contributed by atoms with Crippen molar-refractivity contribution in [1.29, 1.82) is 0 Å². The van der Waals surface area contributed by atoms with E-state index in [0.717, 1.165) is 36.3 Å². The van der Waals surface area contributed by atoms with Crippen LogP contribution in [0.4, 0.5) is 0 Å². The normalized spacial score (nSPS) is 20.3. The highest BCUT2D eigenvalue weighted by atomic mass is 32.1. The molecule has 28 heavy (non-hydrogen) atoms. The molecule has 144 valence electrons. The molecule has 0 bridgehead atoms. The van der Waals surface area contributed by atoms with Crippen molar-refractivity contribution < 1.29 is 9.47 Å². The van der Waals surface area contributed by atoms with Crippen molar-refractivity contribution in [3.05, 3.63) is 76.5 Å². The molecule has 0 aromatic heterocycles. The number of rotatable bonds is 4. The van der Waals surface area contributed by atoms with Crippen molar-refractivity contribution >= 4 is 23.4 Å². The maximum absolute atomic E-state index is 5.53. The number of hydrogen-bond acceptors (Lipinski definition) is 3. The highest BCUT2D eigenvalue weighted by Gasteiger charge is 2.30. The van der Waals surface area contributed by atoms with E-state index in [-0.39, 0.29) is 6.04 Å². The fourth-order valence-electron chi connectivity index (χ4n) is 3.87. The second kappa shape index (κ2) is 8.07. The zero-order valence-electron chi connectivity index (χ0n) is 16.1. The summed E-state index contributed by atoms with van der Waals surface area (Å²) in [6.45, 7) is 0. The Kier molecular flexibility index (Phi) is 5.35. The van der Waals surface area contributed by atoms with Gasteiger partial charge in [0.2, 0.25) is 0 Å². The first-order chi connectivity index (χ1) is 13.7. The number of ether oxygens (including phenoxy) is 2. The SMILES string of the molecule is COc1ccc(/C=C2\CCCC3=C2NC(=S)N[C@H]3c2ccc(OC)cc2)cc1. The first kappa shape index (κ1) is 18.6. The van der Waals surface area contributed by atoms with Crippen molar-refractivity contribution in [2.75, 3.05) is 14.2 Å². The lowest BCUT2D eigenvalue weighted by Gasteiger charge is -2.36. The standard InChI is InChI=1S/C23H24N2O2S/c1-26-18-10-6-15(7-11-18)14-17-4-3-5-20-21(24-23(28)25-22(17)20)16-8-12-19(27-2)13-9-16/h6-14,21H,3-5H2,1-2H3,(H2,24,25,28)/b17-14+/t21-/m0/s1. The first-order valence-corrected chi connectivity index (χ1v) is 9.88. The average Bonchev–Trinajstić information content (AvgIpc) is 2.74. The molecule has 2 aromatic carbocycles. The van der Waals surface area contributed by atoms with Gasteiger partial charge in [-0.25, -0.2) is 0 Å². The summed E-state index contributed by atoms with van der Waals surface area (Å²) in [5.74, 6) is 1.73. The van der Waals surface area contributed by atoms with Crippen LogP contribution in [0, 0.1) is 0 Å². The largest absolute Gasteiger partial charge is 0.497 e. The van der Waals surface area contributed by atoms with Gasteiger partial charge < -0.3 is 20.1 Å².